The van der Waals surface area contributed by atoms with Crippen LogP contribution in [0, 0.1) is 6.92 Å². The van der Waals surface area contributed by atoms with E-state index in [1.54, 1.807) is 4.90 Å². The number of aryl methyl sites for hydroxylation is 1. The van der Waals surface area contributed by atoms with Crippen molar-refractivity contribution < 1.29 is 9.53 Å². The highest BCUT2D eigenvalue weighted by molar-refractivity contribution is 5.87. The summed E-state index contributed by atoms with van der Waals surface area (Å²) in [5, 5.41) is 11.2. The van der Waals surface area contributed by atoms with Gasteiger partial charge in [0.1, 0.15) is 11.4 Å². The zero-order valence-corrected chi connectivity index (χ0v) is 21.6. The molecule has 186 valence electrons. The smallest absolute Gasteiger partial charge is 0.414 e. The van der Waals surface area contributed by atoms with Crippen LogP contribution in [0.4, 0.5) is 10.5 Å². The first-order chi connectivity index (χ1) is 16.1. The Morgan fingerprint density at radius 3 is 2.35 bits per heavy atom. The van der Waals surface area contributed by atoms with Crippen LogP contribution in [0.3, 0.4) is 0 Å². The molecule has 4 rings (SSSR count). The maximum absolute atomic E-state index is 12.9. The molecule has 2 saturated heterocycles. The Hall–Kier alpha value is -2.61. The molecular weight excluding hydrogens is 428 g/mol. The van der Waals surface area contributed by atoms with Gasteiger partial charge in [0.05, 0.1) is 13.1 Å². The summed E-state index contributed by atoms with van der Waals surface area (Å²) in [7, 11) is 0. The van der Waals surface area contributed by atoms with Crippen LogP contribution in [0.15, 0.2) is 30.3 Å². The van der Waals surface area contributed by atoms with Crippen LogP contribution in [-0.4, -0.2) is 69.7 Å². The van der Waals surface area contributed by atoms with Gasteiger partial charge in [-0.2, -0.15) is 0 Å². The minimum absolute atomic E-state index is 0.282. The number of nitrogens with zero attached hydrogens (tertiary/aromatic N) is 6. The number of carbonyl (C=O) groups excluding carboxylic acids is 1. The van der Waals surface area contributed by atoms with Gasteiger partial charge in [0, 0.05) is 36.8 Å². The third-order valence-electron chi connectivity index (χ3n) is 6.71. The highest BCUT2D eigenvalue weighted by Gasteiger charge is 2.40. The predicted molar refractivity (Wildman–Crippen MR) is 135 cm³/mol. The standard InChI is InChI=1S/C26H40N6O2/c1-19(2)24-28-27-20(3)32(24)29-17-22-13-14-23(18-29)30(22)15-10-16-31(21-11-8-7-9-12-21)25(33)34-26(4,5)6/h7-9,11-12,19,22-23H,10,13-18H2,1-6H3. The average Bonchev–Trinajstić information content (AvgIpc) is 3.26. The van der Waals surface area contributed by atoms with E-state index >= 15 is 0 Å². The maximum Gasteiger partial charge on any atom is 0.414 e. The molecule has 0 radical (unpaired) electrons. The molecule has 0 saturated carbocycles. The van der Waals surface area contributed by atoms with Crippen LogP contribution in [0.2, 0.25) is 0 Å². The van der Waals surface area contributed by atoms with E-state index in [1.807, 2.05) is 58.0 Å². The summed E-state index contributed by atoms with van der Waals surface area (Å²) >= 11 is 0. The van der Waals surface area contributed by atoms with E-state index in [9.17, 15) is 4.79 Å². The van der Waals surface area contributed by atoms with Gasteiger partial charge in [0.25, 0.3) is 0 Å². The lowest BCUT2D eigenvalue weighted by Gasteiger charge is -2.43. The topological polar surface area (TPSA) is 66.7 Å². The number of anilines is 1. The molecule has 0 spiro atoms. The summed E-state index contributed by atoms with van der Waals surface area (Å²) in [5.74, 6) is 2.35. The summed E-state index contributed by atoms with van der Waals surface area (Å²) in [6.45, 7) is 15.7. The lowest BCUT2D eigenvalue weighted by molar-refractivity contribution is 0.0577. The monoisotopic (exact) mass is 468 g/mol. The summed E-state index contributed by atoms with van der Waals surface area (Å²) in [6, 6.07) is 10.9. The second-order valence-corrected chi connectivity index (χ2v) is 10.9. The van der Waals surface area contributed by atoms with Crippen molar-refractivity contribution in [2.24, 2.45) is 0 Å². The SMILES string of the molecule is Cc1nnc(C(C)C)n1N1CC2CCC(C1)N2CCCN(C(=O)OC(C)(C)C)c1ccccc1. The molecule has 2 fully saturated rings. The molecule has 3 heterocycles. The molecule has 8 heteroatoms. The number of carbonyl (C=O) groups is 1. The zero-order valence-electron chi connectivity index (χ0n) is 21.6. The van der Waals surface area contributed by atoms with Gasteiger partial charge in [-0.15, -0.1) is 10.2 Å². The number of hydrogen-bond acceptors (Lipinski definition) is 6. The number of amides is 1. The van der Waals surface area contributed by atoms with Gasteiger partial charge in [-0.05, 0) is 59.1 Å². The third kappa shape index (κ3) is 5.37. The number of para-hydroxylation sites is 1. The molecule has 2 bridgehead atoms. The zero-order chi connectivity index (χ0) is 24.5. The highest BCUT2D eigenvalue weighted by Crippen LogP contribution is 2.31. The summed E-state index contributed by atoms with van der Waals surface area (Å²) < 4.78 is 7.94. The first kappa shape index (κ1) is 24.5. The number of hydrogen-bond donors (Lipinski definition) is 0. The molecule has 1 aromatic carbocycles. The summed E-state index contributed by atoms with van der Waals surface area (Å²) in [6.07, 6.45) is 3.06. The van der Waals surface area contributed by atoms with E-state index in [1.165, 1.54) is 12.8 Å². The quantitative estimate of drug-likeness (QED) is 0.603. The van der Waals surface area contributed by atoms with Crippen molar-refractivity contribution >= 4 is 11.8 Å². The van der Waals surface area contributed by atoms with Gasteiger partial charge < -0.3 is 9.75 Å². The van der Waals surface area contributed by atoms with E-state index < -0.39 is 5.60 Å². The van der Waals surface area contributed by atoms with Crippen molar-refractivity contribution in [2.45, 2.75) is 84.4 Å². The third-order valence-corrected chi connectivity index (χ3v) is 6.71. The molecule has 1 aromatic heterocycles. The normalized spacial score (nSPS) is 20.7. The largest absolute Gasteiger partial charge is 0.443 e. The minimum Gasteiger partial charge on any atom is -0.443 e. The van der Waals surface area contributed by atoms with Gasteiger partial charge in [-0.25, -0.2) is 9.47 Å². The molecular formula is C26H40N6O2. The number of aromatic nitrogens is 3. The van der Waals surface area contributed by atoms with Crippen molar-refractivity contribution in [1.29, 1.82) is 0 Å². The van der Waals surface area contributed by atoms with Crippen molar-refractivity contribution in [3.63, 3.8) is 0 Å². The Morgan fingerprint density at radius 2 is 1.76 bits per heavy atom. The lowest BCUT2D eigenvalue weighted by atomic mass is 10.2. The van der Waals surface area contributed by atoms with Crippen LogP contribution in [0.25, 0.3) is 0 Å². The molecule has 0 N–H and O–H groups in total. The molecule has 2 aliphatic heterocycles. The number of benzene rings is 1. The first-order valence-corrected chi connectivity index (χ1v) is 12.6. The fourth-order valence-electron chi connectivity index (χ4n) is 5.24. The van der Waals surface area contributed by atoms with Crippen LogP contribution in [0.5, 0.6) is 0 Å². The first-order valence-electron chi connectivity index (χ1n) is 12.6. The molecule has 2 aliphatic rings. The molecule has 2 atom stereocenters. The molecule has 2 unspecified atom stereocenters. The van der Waals surface area contributed by atoms with E-state index in [2.05, 4.69) is 38.6 Å². The number of ether oxygens (including phenoxy) is 1. The second kappa shape index (κ2) is 9.94. The molecule has 34 heavy (non-hydrogen) atoms. The fourth-order valence-corrected chi connectivity index (χ4v) is 5.24. The second-order valence-electron chi connectivity index (χ2n) is 10.9. The van der Waals surface area contributed by atoms with Gasteiger partial charge in [-0.1, -0.05) is 32.0 Å². The van der Waals surface area contributed by atoms with Crippen molar-refractivity contribution in [1.82, 2.24) is 19.8 Å². The Labute approximate surface area is 203 Å². The number of fused-ring (bicyclic) bond motifs is 2. The summed E-state index contributed by atoms with van der Waals surface area (Å²) in [4.78, 5) is 17.4. The Kier molecular flexibility index (Phi) is 7.17. The summed E-state index contributed by atoms with van der Waals surface area (Å²) in [5.41, 5.74) is 0.364. The fraction of sp³-hybridized carbons (Fsp3) is 0.654. The van der Waals surface area contributed by atoms with Gasteiger partial charge in [0.2, 0.25) is 0 Å². The van der Waals surface area contributed by atoms with E-state index in [4.69, 9.17) is 4.74 Å². The number of piperazine rings is 1. The van der Waals surface area contributed by atoms with Crippen LogP contribution >= 0.6 is 0 Å². The average molecular weight is 469 g/mol. The molecule has 8 nitrogen and oxygen atoms in total. The van der Waals surface area contributed by atoms with E-state index in [0.29, 0.717) is 24.5 Å². The van der Waals surface area contributed by atoms with Crippen molar-refractivity contribution in [3.8, 4) is 0 Å². The van der Waals surface area contributed by atoms with Gasteiger partial charge in [-0.3, -0.25) is 9.80 Å². The Morgan fingerprint density at radius 1 is 1.12 bits per heavy atom. The van der Waals surface area contributed by atoms with Gasteiger partial charge in [0.15, 0.2) is 5.82 Å². The Bertz CT molecular complexity index is 953. The Balaban J connectivity index is 1.39. The predicted octanol–water partition coefficient (Wildman–Crippen LogP) is 4.33. The van der Waals surface area contributed by atoms with Crippen molar-refractivity contribution in [3.05, 3.63) is 42.0 Å². The van der Waals surface area contributed by atoms with Gasteiger partial charge >= 0.3 is 6.09 Å². The van der Waals surface area contributed by atoms with Crippen LogP contribution in [-0.2, 0) is 4.74 Å². The maximum atomic E-state index is 12.9. The van der Waals surface area contributed by atoms with Crippen molar-refractivity contribution in [2.75, 3.05) is 36.1 Å². The molecule has 1 amide bonds. The molecule has 2 aromatic rings. The highest BCUT2D eigenvalue weighted by atomic mass is 16.6. The van der Waals surface area contributed by atoms with Crippen LogP contribution in [0.1, 0.15) is 71.4 Å². The lowest BCUT2D eigenvalue weighted by Crippen LogP contribution is -2.58. The minimum atomic E-state index is -0.519. The number of rotatable bonds is 7. The van der Waals surface area contributed by atoms with E-state index in [0.717, 1.165) is 43.4 Å². The van der Waals surface area contributed by atoms with E-state index in [-0.39, 0.29) is 6.09 Å². The van der Waals surface area contributed by atoms with Crippen LogP contribution < -0.4 is 9.91 Å². The molecule has 0 aliphatic carbocycles.